The summed E-state index contributed by atoms with van der Waals surface area (Å²) in [6.45, 7) is 1.79. The van der Waals surface area contributed by atoms with E-state index in [-0.39, 0.29) is 36.4 Å². The molecule has 0 radical (unpaired) electrons. The van der Waals surface area contributed by atoms with Crippen LogP contribution in [0.3, 0.4) is 0 Å². The number of amides is 1. The van der Waals surface area contributed by atoms with E-state index in [2.05, 4.69) is 15.2 Å². The fourth-order valence-corrected chi connectivity index (χ4v) is 5.97. The Hall–Kier alpha value is -2.56. The van der Waals surface area contributed by atoms with E-state index >= 15 is 0 Å². The van der Waals surface area contributed by atoms with E-state index in [4.69, 9.17) is 4.74 Å². The summed E-state index contributed by atoms with van der Waals surface area (Å²) in [5.74, 6) is -1.01. The number of nitrogens with one attached hydrogen (secondary N) is 1. The molecule has 1 aromatic heterocycles. The first kappa shape index (κ1) is 27.0. The minimum atomic E-state index is -4.66. The van der Waals surface area contributed by atoms with Crippen molar-refractivity contribution >= 4 is 5.91 Å². The van der Waals surface area contributed by atoms with Crippen molar-refractivity contribution in [3.8, 4) is 0 Å². The molecule has 2 aliphatic heterocycles. The number of pyridine rings is 1. The molecule has 0 spiro atoms. The van der Waals surface area contributed by atoms with Crippen LogP contribution >= 0.6 is 0 Å². The summed E-state index contributed by atoms with van der Waals surface area (Å²) in [6, 6.07) is 6.25. The van der Waals surface area contributed by atoms with Crippen LogP contribution in [0, 0.1) is 11.7 Å². The van der Waals surface area contributed by atoms with E-state index in [0.29, 0.717) is 25.5 Å². The van der Waals surface area contributed by atoms with Crippen LogP contribution in [0.1, 0.15) is 61.6 Å². The number of piperidine rings is 1. The average Bonchev–Trinajstić information content (AvgIpc) is 3.75. The third-order valence-corrected chi connectivity index (χ3v) is 8.36. The van der Waals surface area contributed by atoms with Crippen molar-refractivity contribution < 1.29 is 32.2 Å². The Kier molecular flexibility index (Phi) is 7.50. The van der Waals surface area contributed by atoms with Crippen LogP contribution in [-0.4, -0.2) is 52.2 Å². The SMILES string of the molecule is O=C(C[C@@]1(C2CC2)CCC(N2CCC(O)(c3cccnc3)CC2)CO1)NCc1cc(F)cc(C(F)(F)F)c1. The topological polar surface area (TPSA) is 74.7 Å². The zero-order chi connectivity index (χ0) is 27.0. The second-order valence-corrected chi connectivity index (χ2v) is 11.0. The quantitative estimate of drug-likeness (QED) is 0.509. The van der Waals surface area contributed by atoms with Gasteiger partial charge in [-0.15, -0.1) is 0 Å². The number of aliphatic hydroxyl groups is 1. The van der Waals surface area contributed by atoms with Crippen LogP contribution in [0.25, 0.3) is 0 Å². The number of rotatable bonds is 7. The molecule has 2 N–H and O–H groups in total. The third-order valence-electron chi connectivity index (χ3n) is 8.36. The van der Waals surface area contributed by atoms with Crippen LogP contribution in [0.5, 0.6) is 0 Å². The fourth-order valence-electron chi connectivity index (χ4n) is 5.97. The van der Waals surface area contributed by atoms with E-state index < -0.39 is 28.8 Å². The number of nitrogens with zero attached hydrogens (tertiary/aromatic N) is 2. The molecule has 1 saturated carbocycles. The van der Waals surface area contributed by atoms with Crippen LogP contribution in [0.4, 0.5) is 17.6 Å². The van der Waals surface area contributed by atoms with Crippen LogP contribution in [-0.2, 0) is 27.9 Å². The zero-order valence-corrected chi connectivity index (χ0v) is 21.1. The molecular weight excluding hydrogens is 502 g/mol. The van der Waals surface area contributed by atoms with Gasteiger partial charge in [-0.05, 0) is 74.3 Å². The number of likely N-dealkylation sites (tertiary alicyclic amines) is 1. The molecule has 3 heterocycles. The summed E-state index contributed by atoms with van der Waals surface area (Å²) in [6.07, 6.45) is 3.67. The second-order valence-electron chi connectivity index (χ2n) is 11.0. The highest BCUT2D eigenvalue weighted by atomic mass is 19.4. The first-order chi connectivity index (χ1) is 18.1. The summed E-state index contributed by atoms with van der Waals surface area (Å²) < 4.78 is 59.1. The lowest BCUT2D eigenvalue weighted by molar-refractivity contribution is -0.150. The van der Waals surface area contributed by atoms with E-state index in [0.717, 1.165) is 56.5 Å². The van der Waals surface area contributed by atoms with Crippen LogP contribution in [0.15, 0.2) is 42.7 Å². The maximum absolute atomic E-state index is 13.7. The molecule has 206 valence electrons. The fraction of sp³-hybridized carbons (Fsp3) is 0.571. The minimum absolute atomic E-state index is 0.0621. The van der Waals surface area contributed by atoms with Gasteiger partial charge in [0.2, 0.25) is 5.91 Å². The Balaban J connectivity index is 1.14. The van der Waals surface area contributed by atoms with E-state index in [1.54, 1.807) is 12.4 Å². The molecule has 3 aliphatic rings. The average molecular weight is 536 g/mol. The molecule has 2 aromatic rings. The van der Waals surface area contributed by atoms with Gasteiger partial charge in [0.05, 0.1) is 29.8 Å². The van der Waals surface area contributed by atoms with Gasteiger partial charge in [0.15, 0.2) is 0 Å². The number of benzene rings is 1. The van der Waals surface area contributed by atoms with Gasteiger partial charge in [-0.25, -0.2) is 4.39 Å². The van der Waals surface area contributed by atoms with Gasteiger partial charge >= 0.3 is 6.18 Å². The normalized spacial score (nSPS) is 26.2. The van der Waals surface area contributed by atoms with Crippen molar-refractivity contribution in [2.45, 2.75) is 74.9 Å². The number of hydrogen-bond donors (Lipinski definition) is 2. The number of alkyl halides is 3. The lowest BCUT2D eigenvalue weighted by Gasteiger charge is -2.47. The van der Waals surface area contributed by atoms with Crippen LogP contribution < -0.4 is 5.32 Å². The van der Waals surface area contributed by atoms with Crippen molar-refractivity contribution in [1.82, 2.24) is 15.2 Å². The number of ether oxygens (including phenoxy) is 1. The monoisotopic (exact) mass is 535 g/mol. The van der Waals surface area contributed by atoms with Crippen molar-refractivity contribution in [3.63, 3.8) is 0 Å². The molecule has 1 aromatic carbocycles. The van der Waals surface area contributed by atoms with Crippen molar-refractivity contribution in [1.29, 1.82) is 0 Å². The van der Waals surface area contributed by atoms with E-state index in [1.807, 2.05) is 12.1 Å². The number of carbonyl (C=O) groups is 1. The maximum Gasteiger partial charge on any atom is 0.416 e. The minimum Gasteiger partial charge on any atom is -0.385 e. The van der Waals surface area contributed by atoms with Gasteiger partial charge in [-0.2, -0.15) is 13.2 Å². The number of hydrogen-bond acceptors (Lipinski definition) is 5. The standard InChI is InChI=1S/C28H33F4N3O3/c29-23-13-19(12-22(14-23)28(30,31)32)16-34-25(36)15-27(20-3-4-20)6-5-24(18-38-27)35-10-7-26(37,8-11-35)21-2-1-9-33-17-21/h1-2,9,12-14,17,20,24,37H,3-8,10-11,15-16,18H2,(H,34,36)/t24?,27-/m1/s1. The molecular formula is C28H33F4N3O3. The number of aromatic nitrogens is 1. The zero-order valence-electron chi connectivity index (χ0n) is 21.1. The highest BCUT2D eigenvalue weighted by Crippen LogP contribution is 2.49. The summed E-state index contributed by atoms with van der Waals surface area (Å²) >= 11 is 0. The summed E-state index contributed by atoms with van der Waals surface area (Å²) in [7, 11) is 0. The Morgan fingerprint density at radius 3 is 2.53 bits per heavy atom. The molecule has 10 heteroatoms. The molecule has 1 amide bonds. The Bertz CT molecular complexity index is 1120. The predicted molar refractivity (Wildman–Crippen MR) is 131 cm³/mol. The summed E-state index contributed by atoms with van der Waals surface area (Å²) in [4.78, 5) is 19.3. The lowest BCUT2D eigenvalue weighted by atomic mass is 9.82. The third kappa shape index (κ3) is 6.02. The van der Waals surface area contributed by atoms with Gasteiger partial charge in [-0.3, -0.25) is 14.7 Å². The molecule has 1 aliphatic carbocycles. The maximum atomic E-state index is 13.7. The summed E-state index contributed by atoms with van der Waals surface area (Å²) in [5.41, 5.74) is -1.63. The molecule has 2 saturated heterocycles. The number of carbonyl (C=O) groups excluding carboxylic acids is 1. The molecule has 1 unspecified atom stereocenters. The van der Waals surface area contributed by atoms with E-state index in [1.165, 1.54) is 0 Å². The van der Waals surface area contributed by atoms with Crippen LogP contribution in [0.2, 0.25) is 0 Å². The smallest absolute Gasteiger partial charge is 0.385 e. The predicted octanol–water partition coefficient (Wildman–Crippen LogP) is 4.56. The molecule has 2 atom stereocenters. The van der Waals surface area contributed by atoms with Crippen molar-refractivity contribution in [2.75, 3.05) is 19.7 Å². The van der Waals surface area contributed by atoms with Gasteiger partial charge < -0.3 is 15.2 Å². The molecule has 6 nitrogen and oxygen atoms in total. The molecule has 0 bridgehead atoms. The largest absolute Gasteiger partial charge is 0.416 e. The van der Waals surface area contributed by atoms with Crippen molar-refractivity contribution in [2.24, 2.45) is 5.92 Å². The van der Waals surface area contributed by atoms with Gasteiger partial charge in [0.1, 0.15) is 5.82 Å². The Labute approximate surface area is 219 Å². The Morgan fingerprint density at radius 1 is 1.16 bits per heavy atom. The summed E-state index contributed by atoms with van der Waals surface area (Å²) in [5, 5.41) is 13.8. The van der Waals surface area contributed by atoms with Gasteiger partial charge in [0.25, 0.3) is 0 Å². The lowest BCUT2D eigenvalue weighted by Crippen LogP contribution is -2.54. The molecule has 38 heavy (non-hydrogen) atoms. The van der Waals surface area contributed by atoms with Crippen molar-refractivity contribution in [3.05, 3.63) is 65.2 Å². The number of halogens is 4. The second kappa shape index (κ2) is 10.5. The molecule has 5 rings (SSSR count). The van der Waals surface area contributed by atoms with Gasteiger partial charge in [0, 0.05) is 43.6 Å². The molecule has 3 fully saturated rings. The Morgan fingerprint density at radius 2 is 1.92 bits per heavy atom. The highest BCUT2D eigenvalue weighted by molar-refractivity contribution is 5.77. The van der Waals surface area contributed by atoms with Gasteiger partial charge in [-0.1, -0.05) is 6.07 Å². The first-order valence-corrected chi connectivity index (χ1v) is 13.2. The highest BCUT2D eigenvalue weighted by Gasteiger charge is 2.50. The first-order valence-electron chi connectivity index (χ1n) is 13.2. The van der Waals surface area contributed by atoms with E-state index in [9.17, 15) is 27.5 Å².